The average Bonchev–Trinajstić information content (AvgIpc) is 2.41. The van der Waals surface area contributed by atoms with Gasteiger partial charge in [0.2, 0.25) is 0 Å². The van der Waals surface area contributed by atoms with Crippen LogP contribution in [0.25, 0.3) is 0 Å². The van der Waals surface area contributed by atoms with E-state index in [1.165, 1.54) is 18.6 Å². The highest BCUT2D eigenvalue weighted by Crippen LogP contribution is 2.13. The SMILES string of the molecule is CCN(CC)c1ccc(NCCCCSC)cn1. The van der Waals surface area contributed by atoms with Gasteiger partial charge in [0.15, 0.2) is 0 Å². The molecule has 1 N–H and O–H groups in total. The van der Waals surface area contributed by atoms with Crippen molar-refractivity contribution in [1.82, 2.24) is 4.98 Å². The van der Waals surface area contributed by atoms with Gasteiger partial charge in [-0.1, -0.05) is 0 Å². The number of nitrogens with zero attached hydrogens (tertiary/aromatic N) is 2. The highest BCUT2D eigenvalue weighted by atomic mass is 32.2. The van der Waals surface area contributed by atoms with E-state index in [1.807, 2.05) is 18.0 Å². The molecule has 1 rings (SSSR count). The van der Waals surface area contributed by atoms with Crippen LogP contribution in [0.2, 0.25) is 0 Å². The number of rotatable bonds is 9. The zero-order valence-electron chi connectivity index (χ0n) is 11.8. The van der Waals surface area contributed by atoms with E-state index in [0.29, 0.717) is 0 Å². The molecule has 0 spiro atoms. The molecular weight excluding hydrogens is 242 g/mol. The summed E-state index contributed by atoms with van der Waals surface area (Å²) in [5.74, 6) is 2.31. The number of unbranched alkanes of at least 4 members (excludes halogenated alkanes) is 1. The molecule has 1 aromatic heterocycles. The molecular formula is C14H25N3S. The molecule has 0 aliphatic rings. The molecule has 0 aromatic carbocycles. The number of hydrogen-bond donors (Lipinski definition) is 1. The van der Waals surface area contributed by atoms with Crippen LogP contribution in [-0.2, 0) is 0 Å². The lowest BCUT2D eigenvalue weighted by Crippen LogP contribution is -2.22. The van der Waals surface area contributed by atoms with Gasteiger partial charge < -0.3 is 10.2 Å². The molecule has 4 heteroatoms. The van der Waals surface area contributed by atoms with Gasteiger partial charge >= 0.3 is 0 Å². The third-order valence-electron chi connectivity index (χ3n) is 2.94. The van der Waals surface area contributed by atoms with Crippen LogP contribution in [0.5, 0.6) is 0 Å². The third kappa shape index (κ3) is 5.17. The Kier molecular flexibility index (Phi) is 7.65. The van der Waals surface area contributed by atoms with Crippen LogP contribution in [0.4, 0.5) is 11.5 Å². The molecule has 1 heterocycles. The molecule has 0 radical (unpaired) electrons. The van der Waals surface area contributed by atoms with Crippen molar-refractivity contribution in [1.29, 1.82) is 0 Å². The van der Waals surface area contributed by atoms with E-state index in [1.54, 1.807) is 0 Å². The molecule has 102 valence electrons. The summed E-state index contributed by atoms with van der Waals surface area (Å²) in [4.78, 5) is 6.75. The molecule has 0 fully saturated rings. The van der Waals surface area contributed by atoms with Gasteiger partial charge in [0.1, 0.15) is 5.82 Å². The highest BCUT2D eigenvalue weighted by molar-refractivity contribution is 7.98. The number of aromatic nitrogens is 1. The Morgan fingerprint density at radius 3 is 2.56 bits per heavy atom. The first-order valence-electron chi connectivity index (χ1n) is 6.75. The van der Waals surface area contributed by atoms with Crippen LogP contribution < -0.4 is 10.2 Å². The summed E-state index contributed by atoms with van der Waals surface area (Å²) in [7, 11) is 0. The average molecular weight is 267 g/mol. The van der Waals surface area contributed by atoms with Crippen molar-refractivity contribution in [3.63, 3.8) is 0 Å². The van der Waals surface area contributed by atoms with Crippen molar-refractivity contribution in [3.05, 3.63) is 18.3 Å². The zero-order chi connectivity index (χ0) is 13.2. The molecule has 0 atom stereocenters. The van der Waals surface area contributed by atoms with Crippen LogP contribution in [0, 0.1) is 0 Å². The van der Waals surface area contributed by atoms with Crippen molar-refractivity contribution >= 4 is 23.3 Å². The fraction of sp³-hybridized carbons (Fsp3) is 0.643. The van der Waals surface area contributed by atoms with Crippen LogP contribution in [0.15, 0.2) is 18.3 Å². The highest BCUT2D eigenvalue weighted by Gasteiger charge is 2.02. The van der Waals surface area contributed by atoms with Crippen molar-refractivity contribution in [3.8, 4) is 0 Å². The minimum atomic E-state index is 1.00. The standard InChI is InChI=1S/C14H25N3S/c1-4-17(5-2)14-9-8-13(12-16-14)15-10-6-7-11-18-3/h8-9,12,15H,4-7,10-11H2,1-3H3. The third-order valence-corrected chi connectivity index (χ3v) is 3.64. The lowest BCUT2D eigenvalue weighted by atomic mass is 10.3. The van der Waals surface area contributed by atoms with Gasteiger partial charge in [-0.15, -0.1) is 0 Å². The molecule has 1 aromatic rings. The summed E-state index contributed by atoms with van der Waals surface area (Å²) in [6.45, 7) is 7.36. The lowest BCUT2D eigenvalue weighted by molar-refractivity contribution is 0.837. The van der Waals surface area contributed by atoms with Crippen molar-refractivity contribution in [2.24, 2.45) is 0 Å². The Labute approximate surface area is 115 Å². The van der Waals surface area contributed by atoms with Gasteiger partial charge in [0, 0.05) is 19.6 Å². The molecule has 0 saturated carbocycles. The number of thioether (sulfide) groups is 1. The molecule has 0 amide bonds. The van der Waals surface area contributed by atoms with Gasteiger partial charge in [-0.05, 0) is 50.8 Å². The second kappa shape index (κ2) is 9.09. The molecule has 0 unspecified atom stereocenters. The van der Waals surface area contributed by atoms with Gasteiger partial charge in [-0.3, -0.25) is 0 Å². The predicted molar refractivity (Wildman–Crippen MR) is 83.9 cm³/mol. The van der Waals surface area contributed by atoms with Crippen LogP contribution in [-0.4, -0.2) is 36.6 Å². The van der Waals surface area contributed by atoms with Crippen LogP contribution in [0.3, 0.4) is 0 Å². The molecule has 0 aliphatic carbocycles. The summed E-state index contributed by atoms with van der Waals surface area (Å²) >= 11 is 1.91. The Morgan fingerprint density at radius 1 is 1.22 bits per heavy atom. The maximum Gasteiger partial charge on any atom is 0.128 e. The molecule has 0 bridgehead atoms. The Balaban J connectivity index is 2.35. The second-order valence-corrected chi connectivity index (χ2v) is 5.19. The number of hydrogen-bond acceptors (Lipinski definition) is 4. The maximum absolute atomic E-state index is 4.50. The predicted octanol–water partition coefficient (Wildman–Crippen LogP) is 3.48. The maximum atomic E-state index is 4.50. The normalized spacial score (nSPS) is 10.4. The lowest BCUT2D eigenvalue weighted by Gasteiger charge is -2.19. The number of anilines is 2. The van der Waals surface area contributed by atoms with E-state index >= 15 is 0 Å². The fourth-order valence-electron chi connectivity index (χ4n) is 1.83. The zero-order valence-corrected chi connectivity index (χ0v) is 12.6. The van der Waals surface area contributed by atoms with E-state index in [0.717, 1.165) is 31.1 Å². The van der Waals surface area contributed by atoms with Gasteiger partial charge in [0.05, 0.1) is 11.9 Å². The van der Waals surface area contributed by atoms with E-state index < -0.39 is 0 Å². The van der Waals surface area contributed by atoms with Gasteiger partial charge in [-0.2, -0.15) is 11.8 Å². The first-order chi connectivity index (χ1) is 8.81. The van der Waals surface area contributed by atoms with E-state index in [2.05, 4.69) is 47.4 Å². The molecule has 0 saturated heterocycles. The first kappa shape index (κ1) is 15.2. The summed E-state index contributed by atoms with van der Waals surface area (Å²) in [6, 6.07) is 4.21. The van der Waals surface area contributed by atoms with Crippen molar-refractivity contribution < 1.29 is 0 Å². The van der Waals surface area contributed by atoms with Gasteiger partial charge in [-0.25, -0.2) is 4.98 Å². The minimum absolute atomic E-state index is 1.00. The van der Waals surface area contributed by atoms with E-state index in [4.69, 9.17) is 0 Å². The van der Waals surface area contributed by atoms with E-state index in [9.17, 15) is 0 Å². The van der Waals surface area contributed by atoms with E-state index in [-0.39, 0.29) is 0 Å². The summed E-state index contributed by atoms with van der Waals surface area (Å²) in [5.41, 5.74) is 1.12. The Hall–Kier alpha value is -0.900. The second-order valence-electron chi connectivity index (χ2n) is 4.20. The smallest absolute Gasteiger partial charge is 0.128 e. The Bertz CT molecular complexity index is 309. The molecule has 18 heavy (non-hydrogen) atoms. The van der Waals surface area contributed by atoms with Crippen LogP contribution >= 0.6 is 11.8 Å². The van der Waals surface area contributed by atoms with Crippen molar-refractivity contribution in [2.75, 3.05) is 41.9 Å². The number of nitrogens with one attached hydrogen (secondary N) is 1. The molecule has 3 nitrogen and oxygen atoms in total. The summed E-state index contributed by atoms with van der Waals surface area (Å²) < 4.78 is 0. The number of pyridine rings is 1. The summed E-state index contributed by atoms with van der Waals surface area (Å²) in [6.07, 6.45) is 6.59. The minimum Gasteiger partial charge on any atom is -0.384 e. The summed E-state index contributed by atoms with van der Waals surface area (Å²) in [5, 5.41) is 3.42. The van der Waals surface area contributed by atoms with Gasteiger partial charge in [0.25, 0.3) is 0 Å². The fourth-order valence-corrected chi connectivity index (χ4v) is 2.32. The molecule has 0 aliphatic heterocycles. The Morgan fingerprint density at radius 2 is 2.00 bits per heavy atom. The topological polar surface area (TPSA) is 28.2 Å². The van der Waals surface area contributed by atoms with Crippen LogP contribution in [0.1, 0.15) is 26.7 Å². The van der Waals surface area contributed by atoms with Crippen molar-refractivity contribution in [2.45, 2.75) is 26.7 Å². The first-order valence-corrected chi connectivity index (χ1v) is 8.15. The quantitative estimate of drug-likeness (QED) is 0.693. The largest absolute Gasteiger partial charge is 0.384 e. The monoisotopic (exact) mass is 267 g/mol.